The number of likely N-dealkylation sites (N-methyl/N-ethyl adjacent to an activating group) is 1. The van der Waals surface area contributed by atoms with Crippen LogP contribution in [0.1, 0.15) is 12.5 Å². The smallest absolute Gasteiger partial charge is 0.0406 e. The molecule has 1 rings (SSSR count). The van der Waals surface area contributed by atoms with Crippen molar-refractivity contribution in [2.45, 2.75) is 13.0 Å². The topological polar surface area (TPSA) is 12.0 Å². The van der Waals surface area contributed by atoms with Crippen LogP contribution in [0.2, 0.25) is 5.02 Å². The molecule has 1 aromatic carbocycles. The van der Waals surface area contributed by atoms with Gasteiger partial charge in [-0.15, -0.1) is 0 Å². The summed E-state index contributed by atoms with van der Waals surface area (Å²) in [7, 11) is 1.94. The molecular formula is C11H14ClN. The summed E-state index contributed by atoms with van der Waals surface area (Å²) in [5.74, 6) is 0. The number of hydrogen-bond donors (Lipinski definition) is 1. The molecule has 1 unspecified atom stereocenters. The second-order valence-electron chi connectivity index (χ2n) is 2.99. The Bertz CT molecular complexity index is 277. The molecule has 13 heavy (non-hydrogen) atoms. The Morgan fingerprint density at radius 1 is 1.31 bits per heavy atom. The SMILES string of the molecule is CNC(C)/C=C\c1ccc(Cl)cc1. The molecule has 1 nitrogen and oxygen atoms in total. The number of halogens is 1. The molecule has 0 saturated carbocycles. The van der Waals surface area contributed by atoms with Gasteiger partial charge in [-0.2, -0.15) is 0 Å². The summed E-state index contributed by atoms with van der Waals surface area (Å²) in [6.45, 7) is 2.10. The summed E-state index contributed by atoms with van der Waals surface area (Å²) < 4.78 is 0. The average Bonchev–Trinajstić information content (AvgIpc) is 2.16. The van der Waals surface area contributed by atoms with Crippen LogP contribution in [-0.4, -0.2) is 13.1 Å². The lowest BCUT2D eigenvalue weighted by atomic mass is 10.2. The van der Waals surface area contributed by atoms with E-state index in [1.807, 2.05) is 31.3 Å². The molecule has 0 heterocycles. The molecule has 0 aliphatic rings. The normalized spacial score (nSPS) is 13.5. The van der Waals surface area contributed by atoms with E-state index in [0.29, 0.717) is 6.04 Å². The lowest BCUT2D eigenvalue weighted by Crippen LogP contribution is -2.17. The third kappa shape index (κ3) is 3.62. The summed E-state index contributed by atoms with van der Waals surface area (Å²) in [4.78, 5) is 0. The van der Waals surface area contributed by atoms with Crippen LogP contribution in [0.25, 0.3) is 6.08 Å². The van der Waals surface area contributed by atoms with Gasteiger partial charge in [0.1, 0.15) is 0 Å². The highest BCUT2D eigenvalue weighted by atomic mass is 35.5. The number of benzene rings is 1. The van der Waals surface area contributed by atoms with Gasteiger partial charge >= 0.3 is 0 Å². The van der Waals surface area contributed by atoms with E-state index in [-0.39, 0.29) is 0 Å². The largest absolute Gasteiger partial charge is 0.314 e. The van der Waals surface area contributed by atoms with Gasteiger partial charge in [-0.3, -0.25) is 0 Å². The van der Waals surface area contributed by atoms with Crippen LogP contribution in [0.15, 0.2) is 30.3 Å². The second kappa shape index (κ2) is 5.05. The summed E-state index contributed by atoms with van der Waals surface area (Å²) in [5, 5.41) is 3.91. The van der Waals surface area contributed by atoms with E-state index >= 15 is 0 Å². The Morgan fingerprint density at radius 3 is 2.46 bits per heavy atom. The quantitative estimate of drug-likeness (QED) is 0.782. The maximum Gasteiger partial charge on any atom is 0.0406 e. The zero-order valence-corrected chi connectivity index (χ0v) is 8.68. The van der Waals surface area contributed by atoms with Crippen LogP contribution in [0.3, 0.4) is 0 Å². The van der Waals surface area contributed by atoms with Crippen molar-refractivity contribution in [1.29, 1.82) is 0 Å². The zero-order valence-electron chi connectivity index (χ0n) is 7.92. The predicted octanol–water partition coefficient (Wildman–Crippen LogP) is 2.96. The van der Waals surface area contributed by atoms with Crippen LogP contribution in [-0.2, 0) is 0 Å². The fourth-order valence-corrected chi connectivity index (χ4v) is 1.05. The molecule has 0 amide bonds. The minimum Gasteiger partial charge on any atom is -0.314 e. The molecule has 0 bridgehead atoms. The highest BCUT2D eigenvalue weighted by Crippen LogP contribution is 2.10. The number of hydrogen-bond acceptors (Lipinski definition) is 1. The Kier molecular flexibility index (Phi) is 4.00. The van der Waals surface area contributed by atoms with Gasteiger partial charge in [-0.1, -0.05) is 35.9 Å². The van der Waals surface area contributed by atoms with Crippen LogP contribution in [0, 0.1) is 0 Å². The molecule has 0 fully saturated rings. The van der Waals surface area contributed by atoms with Crippen molar-refractivity contribution in [3.8, 4) is 0 Å². The first-order valence-corrected chi connectivity index (χ1v) is 4.71. The van der Waals surface area contributed by atoms with Gasteiger partial charge in [0.25, 0.3) is 0 Å². The Morgan fingerprint density at radius 2 is 1.92 bits per heavy atom. The first-order chi connectivity index (χ1) is 6.22. The highest BCUT2D eigenvalue weighted by molar-refractivity contribution is 6.30. The van der Waals surface area contributed by atoms with Gasteiger partial charge in [-0.05, 0) is 31.7 Å². The molecule has 0 aromatic heterocycles. The van der Waals surface area contributed by atoms with Crippen molar-refractivity contribution in [3.63, 3.8) is 0 Å². The van der Waals surface area contributed by atoms with Crippen molar-refractivity contribution < 1.29 is 0 Å². The summed E-state index contributed by atoms with van der Waals surface area (Å²) in [5.41, 5.74) is 1.17. The van der Waals surface area contributed by atoms with E-state index in [2.05, 4.69) is 24.4 Å². The Hall–Kier alpha value is -0.790. The molecule has 1 aromatic rings. The molecule has 70 valence electrons. The van der Waals surface area contributed by atoms with Crippen LogP contribution in [0.5, 0.6) is 0 Å². The van der Waals surface area contributed by atoms with E-state index in [9.17, 15) is 0 Å². The molecule has 0 aliphatic carbocycles. The molecule has 1 N–H and O–H groups in total. The van der Waals surface area contributed by atoms with Crippen LogP contribution < -0.4 is 5.32 Å². The van der Waals surface area contributed by atoms with E-state index in [0.717, 1.165) is 5.02 Å². The lowest BCUT2D eigenvalue weighted by molar-refractivity contribution is 0.731. The van der Waals surface area contributed by atoms with E-state index in [1.54, 1.807) is 0 Å². The van der Waals surface area contributed by atoms with Crippen molar-refractivity contribution in [1.82, 2.24) is 5.32 Å². The van der Waals surface area contributed by atoms with Crippen molar-refractivity contribution >= 4 is 17.7 Å². The van der Waals surface area contributed by atoms with Crippen LogP contribution in [0.4, 0.5) is 0 Å². The fourth-order valence-electron chi connectivity index (χ4n) is 0.926. The maximum atomic E-state index is 5.77. The monoisotopic (exact) mass is 195 g/mol. The molecule has 0 saturated heterocycles. The van der Waals surface area contributed by atoms with Gasteiger partial charge in [0, 0.05) is 11.1 Å². The summed E-state index contributed by atoms with van der Waals surface area (Å²) in [6, 6.07) is 8.19. The van der Waals surface area contributed by atoms with E-state index < -0.39 is 0 Å². The van der Waals surface area contributed by atoms with Gasteiger partial charge in [0.05, 0.1) is 0 Å². The number of nitrogens with one attached hydrogen (secondary N) is 1. The van der Waals surface area contributed by atoms with Crippen molar-refractivity contribution in [3.05, 3.63) is 40.9 Å². The fraction of sp³-hybridized carbons (Fsp3) is 0.273. The zero-order chi connectivity index (χ0) is 9.68. The van der Waals surface area contributed by atoms with Crippen molar-refractivity contribution in [2.24, 2.45) is 0 Å². The van der Waals surface area contributed by atoms with Gasteiger partial charge in [-0.25, -0.2) is 0 Å². The highest BCUT2D eigenvalue weighted by Gasteiger charge is 1.90. The lowest BCUT2D eigenvalue weighted by Gasteiger charge is -2.01. The molecular weight excluding hydrogens is 182 g/mol. The molecule has 0 spiro atoms. The van der Waals surface area contributed by atoms with Crippen molar-refractivity contribution in [2.75, 3.05) is 7.05 Å². The van der Waals surface area contributed by atoms with E-state index in [1.165, 1.54) is 5.56 Å². The molecule has 0 radical (unpaired) electrons. The Balaban J connectivity index is 2.64. The number of rotatable bonds is 3. The standard InChI is InChI=1S/C11H14ClN/c1-9(13-2)3-4-10-5-7-11(12)8-6-10/h3-9,13H,1-2H3/b4-3-. The average molecular weight is 196 g/mol. The predicted molar refractivity (Wildman–Crippen MR) is 59.0 cm³/mol. The third-order valence-corrected chi connectivity index (χ3v) is 2.15. The molecule has 1 atom stereocenters. The Labute approximate surface area is 84.4 Å². The van der Waals surface area contributed by atoms with Gasteiger partial charge < -0.3 is 5.32 Å². The summed E-state index contributed by atoms with van der Waals surface area (Å²) in [6.07, 6.45) is 4.20. The van der Waals surface area contributed by atoms with Gasteiger partial charge in [0.15, 0.2) is 0 Å². The second-order valence-corrected chi connectivity index (χ2v) is 3.42. The van der Waals surface area contributed by atoms with Crippen LogP contribution >= 0.6 is 11.6 Å². The minimum atomic E-state index is 0.399. The molecule has 2 heteroatoms. The first kappa shape index (κ1) is 10.3. The maximum absolute atomic E-state index is 5.77. The summed E-state index contributed by atoms with van der Waals surface area (Å²) >= 11 is 5.77. The van der Waals surface area contributed by atoms with Gasteiger partial charge in [0.2, 0.25) is 0 Å². The molecule has 0 aliphatic heterocycles. The minimum absolute atomic E-state index is 0.399. The third-order valence-electron chi connectivity index (χ3n) is 1.90. The first-order valence-electron chi connectivity index (χ1n) is 4.33. The van der Waals surface area contributed by atoms with E-state index in [4.69, 9.17) is 11.6 Å².